The first kappa shape index (κ1) is 20.8. The topological polar surface area (TPSA) is 42.2 Å². The van der Waals surface area contributed by atoms with E-state index in [0.717, 1.165) is 44.8 Å². The van der Waals surface area contributed by atoms with Crippen LogP contribution >= 0.6 is 0 Å². The van der Waals surface area contributed by atoms with Gasteiger partial charge in [-0.25, -0.2) is 4.98 Å². The van der Waals surface area contributed by atoms with Gasteiger partial charge < -0.3 is 5.32 Å². The predicted octanol–water partition coefficient (Wildman–Crippen LogP) is 8.08. The van der Waals surface area contributed by atoms with Crippen LogP contribution in [0.5, 0.6) is 0 Å². The van der Waals surface area contributed by atoms with Gasteiger partial charge >= 0.3 is 0 Å². The number of hydrogen-bond donors (Lipinski definition) is 1. The van der Waals surface area contributed by atoms with Crippen LogP contribution in [0.1, 0.15) is 17.4 Å². The quantitative estimate of drug-likeness (QED) is 0.233. The van der Waals surface area contributed by atoms with Gasteiger partial charge in [0.2, 0.25) is 0 Å². The molecule has 0 amide bonds. The number of benzene rings is 4. The van der Waals surface area contributed by atoms with Crippen molar-refractivity contribution >= 4 is 43.7 Å². The Morgan fingerprint density at radius 1 is 0.718 bits per heavy atom. The summed E-state index contributed by atoms with van der Waals surface area (Å²) >= 11 is 0. The van der Waals surface area contributed by atoms with E-state index in [1.165, 1.54) is 32.7 Å². The molecule has 182 valence electrons. The van der Waals surface area contributed by atoms with E-state index in [1.807, 2.05) is 18.5 Å². The molecule has 0 radical (unpaired) electrons. The van der Waals surface area contributed by atoms with Gasteiger partial charge in [-0.3, -0.25) is 9.38 Å². The molecule has 4 aromatic carbocycles. The Morgan fingerprint density at radius 2 is 1.54 bits per heavy atom. The maximum atomic E-state index is 5.32. The molecule has 1 unspecified atom stereocenters. The Morgan fingerprint density at radius 3 is 2.49 bits per heavy atom. The van der Waals surface area contributed by atoms with Crippen LogP contribution in [0.4, 0.5) is 0 Å². The van der Waals surface area contributed by atoms with Gasteiger partial charge in [-0.1, -0.05) is 72.8 Å². The molecule has 4 nitrogen and oxygen atoms in total. The molecule has 1 aliphatic heterocycles. The lowest BCUT2D eigenvalue weighted by Crippen LogP contribution is -2.24. The second-order valence-electron chi connectivity index (χ2n) is 10.3. The minimum absolute atomic E-state index is 0.000599. The zero-order valence-electron chi connectivity index (χ0n) is 21.0. The molecule has 1 atom stereocenters. The van der Waals surface area contributed by atoms with Crippen molar-refractivity contribution in [1.82, 2.24) is 19.7 Å². The maximum absolute atomic E-state index is 5.32. The molecular weight excluding hydrogens is 476 g/mol. The lowest BCUT2D eigenvalue weighted by atomic mass is 9.86. The molecule has 0 saturated heterocycles. The highest BCUT2D eigenvalue weighted by atomic mass is 15.1. The Bertz CT molecular complexity index is 2220. The van der Waals surface area contributed by atoms with Gasteiger partial charge in [0.25, 0.3) is 0 Å². The first-order valence-corrected chi connectivity index (χ1v) is 13.3. The van der Waals surface area contributed by atoms with Gasteiger partial charge in [-0.2, -0.15) is 0 Å². The van der Waals surface area contributed by atoms with Gasteiger partial charge in [0.05, 0.1) is 28.6 Å². The minimum Gasteiger partial charge on any atom is -0.379 e. The first-order chi connectivity index (χ1) is 19.3. The standard InChI is InChI=1S/C35H22N4/c1-2-8-22-19-23(14-13-21(22)7-1)24-15-16-30-29(20-24)25-9-3-4-10-26(25)35-38-33-27-11-5-17-36-31(27)32-28(12-6-18-37-32)34(33)39(30)35/h1-20,31,36H. The molecule has 9 rings (SSSR count). The summed E-state index contributed by atoms with van der Waals surface area (Å²) in [5.74, 6) is 0. The molecule has 4 heteroatoms. The van der Waals surface area contributed by atoms with Gasteiger partial charge in [0.1, 0.15) is 5.65 Å². The average molecular weight is 499 g/mol. The van der Waals surface area contributed by atoms with E-state index >= 15 is 0 Å². The molecule has 4 heterocycles. The van der Waals surface area contributed by atoms with E-state index in [9.17, 15) is 0 Å². The predicted molar refractivity (Wildman–Crippen MR) is 159 cm³/mol. The molecule has 0 saturated carbocycles. The molecule has 0 bridgehead atoms. The van der Waals surface area contributed by atoms with Crippen molar-refractivity contribution in [3.8, 4) is 22.4 Å². The molecule has 7 aromatic rings. The molecule has 1 aliphatic carbocycles. The molecule has 0 spiro atoms. The van der Waals surface area contributed by atoms with Crippen LogP contribution in [0, 0.1) is 0 Å². The number of imidazole rings is 1. The Hall–Kier alpha value is -5.22. The van der Waals surface area contributed by atoms with E-state index < -0.39 is 0 Å². The molecule has 1 N–H and O–H groups in total. The number of dihydropyridines is 1. The summed E-state index contributed by atoms with van der Waals surface area (Å²) < 4.78 is 2.35. The minimum atomic E-state index is 0.000599. The van der Waals surface area contributed by atoms with Gasteiger partial charge in [-0.05, 0) is 69.9 Å². The van der Waals surface area contributed by atoms with Crippen molar-refractivity contribution in [3.05, 3.63) is 133 Å². The van der Waals surface area contributed by atoms with Crippen LogP contribution < -0.4 is 5.32 Å². The van der Waals surface area contributed by atoms with E-state index in [1.54, 1.807) is 0 Å². The Kier molecular flexibility index (Phi) is 4.08. The van der Waals surface area contributed by atoms with Gasteiger partial charge in [-0.15, -0.1) is 0 Å². The number of rotatable bonds is 1. The van der Waals surface area contributed by atoms with Crippen LogP contribution in [0.2, 0.25) is 0 Å². The molecule has 2 aliphatic rings. The van der Waals surface area contributed by atoms with Crippen LogP contribution in [0.25, 0.3) is 66.1 Å². The van der Waals surface area contributed by atoms with Gasteiger partial charge in [0.15, 0.2) is 0 Å². The third kappa shape index (κ3) is 2.83. The number of nitrogens with one attached hydrogen (secondary N) is 1. The number of aromatic nitrogens is 3. The lowest BCUT2D eigenvalue weighted by molar-refractivity contribution is 0.731. The van der Waals surface area contributed by atoms with Crippen LogP contribution in [0.15, 0.2) is 122 Å². The number of pyridine rings is 2. The summed E-state index contributed by atoms with van der Waals surface area (Å²) in [6.45, 7) is 0. The smallest absolute Gasteiger partial charge is 0.146 e. The van der Waals surface area contributed by atoms with E-state index in [0.29, 0.717) is 0 Å². The van der Waals surface area contributed by atoms with Gasteiger partial charge in [0, 0.05) is 28.1 Å². The third-order valence-electron chi connectivity index (χ3n) is 8.24. The average Bonchev–Trinajstić information content (AvgIpc) is 3.42. The van der Waals surface area contributed by atoms with Crippen LogP contribution in [0.3, 0.4) is 0 Å². The van der Waals surface area contributed by atoms with Crippen molar-refractivity contribution in [3.63, 3.8) is 0 Å². The number of fused-ring (bicyclic) bond motifs is 14. The van der Waals surface area contributed by atoms with Crippen molar-refractivity contribution in [2.45, 2.75) is 6.04 Å². The molecule has 3 aromatic heterocycles. The SMILES string of the molecule is C1=CNC2C(=C1)c1nc3c4ccccc4c4cc(-c5ccc6ccccc6c5)ccc4n3c1-c1cccnc12. The highest BCUT2D eigenvalue weighted by Gasteiger charge is 2.35. The molecular formula is C35H22N4. The summed E-state index contributed by atoms with van der Waals surface area (Å²) in [4.78, 5) is 10.2. The zero-order valence-corrected chi connectivity index (χ0v) is 21.0. The van der Waals surface area contributed by atoms with Crippen molar-refractivity contribution < 1.29 is 0 Å². The number of allylic oxidation sites excluding steroid dienone is 2. The van der Waals surface area contributed by atoms with E-state index in [-0.39, 0.29) is 6.04 Å². The fourth-order valence-electron chi connectivity index (χ4n) is 6.47. The lowest BCUT2D eigenvalue weighted by Gasteiger charge is -2.29. The largest absolute Gasteiger partial charge is 0.379 e. The normalized spacial score (nSPS) is 15.7. The second-order valence-corrected chi connectivity index (χ2v) is 10.3. The fraction of sp³-hybridized carbons (Fsp3) is 0.0286. The van der Waals surface area contributed by atoms with Crippen LogP contribution in [-0.2, 0) is 0 Å². The highest BCUT2D eigenvalue weighted by molar-refractivity contribution is 6.14. The molecule has 0 fully saturated rings. The Labute approximate surface area is 224 Å². The fourth-order valence-corrected chi connectivity index (χ4v) is 6.47. The summed E-state index contributed by atoms with van der Waals surface area (Å²) in [5.41, 5.74) is 10.0. The first-order valence-electron chi connectivity index (χ1n) is 13.3. The van der Waals surface area contributed by atoms with Crippen molar-refractivity contribution in [2.75, 3.05) is 0 Å². The summed E-state index contributed by atoms with van der Waals surface area (Å²) in [6, 6.07) is 34.9. The summed E-state index contributed by atoms with van der Waals surface area (Å²) in [7, 11) is 0. The number of nitrogens with zero attached hydrogens (tertiary/aromatic N) is 3. The molecule has 39 heavy (non-hydrogen) atoms. The monoisotopic (exact) mass is 498 g/mol. The van der Waals surface area contributed by atoms with E-state index in [4.69, 9.17) is 9.97 Å². The maximum Gasteiger partial charge on any atom is 0.146 e. The Balaban J connectivity index is 1.40. The number of hydrogen-bond acceptors (Lipinski definition) is 3. The van der Waals surface area contributed by atoms with Crippen molar-refractivity contribution in [2.24, 2.45) is 0 Å². The van der Waals surface area contributed by atoms with E-state index in [2.05, 4.69) is 113 Å². The summed E-state index contributed by atoms with van der Waals surface area (Å²) in [6.07, 6.45) is 8.10. The van der Waals surface area contributed by atoms with Crippen LogP contribution in [-0.4, -0.2) is 14.4 Å². The second kappa shape index (κ2) is 7.65. The highest BCUT2D eigenvalue weighted by Crippen LogP contribution is 2.47. The zero-order chi connectivity index (χ0) is 25.5. The third-order valence-corrected chi connectivity index (χ3v) is 8.24. The summed E-state index contributed by atoms with van der Waals surface area (Å²) in [5, 5.41) is 9.60. The van der Waals surface area contributed by atoms with Crippen molar-refractivity contribution in [1.29, 1.82) is 0 Å².